The van der Waals surface area contributed by atoms with Crippen molar-refractivity contribution in [1.82, 2.24) is 4.57 Å². The number of hydrogen-bond acceptors (Lipinski definition) is 4. The Balaban J connectivity index is 0.947. The molecule has 2 aliphatic heterocycles. The Bertz CT molecular complexity index is 6940. The number of fused-ring (bicyclic) bond motifs is 13. The van der Waals surface area contributed by atoms with Gasteiger partial charge < -0.3 is 14.4 Å². The summed E-state index contributed by atoms with van der Waals surface area (Å²) in [4.78, 5) is 5.27. The normalized spacial score (nSPS) is 13.7. The minimum Gasteiger partial charge on any atom is -0.342 e. The first-order chi connectivity index (χ1) is 57.1. The number of para-hydroxylation sites is 2. The summed E-state index contributed by atoms with van der Waals surface area (Å²) in [7, 11) is 0. The van der Waals surface area contributed by atoms with E-state index in [1.165, 1.54) is 90.4 Å². The molecule has 0 atom stereocenters. The number of rotatable bonds is 11. The van der Waals surface area contributed by atoms with Crippen molar-refractivity contribution >= 4 is 136 Å². The zero-order valence-electron chi connectivity index (χ0n) is 71.8. The van der Waals surface area contributed by atoms with Gasteiger partial charge in [-0.25, -0.2) is 0 Å². The molecule has 6 heteroatoms. The van der Waals surface area contributed by atoms with E-state index in [4.69, 9.17) is 1.37 Å². The van der Waals surface area contributed by atoms with Gasteiger partial charge in [0.25, 0.3) is 6.71 Å². The van der Waals surface area contributed by atoms with Crippen molar-refractivity contribution in [1.29, 1.82) is 0 Å². The van der Waals surface area contributed by atoms with Crippen LogP contribution in [0.15, 0.2) is 315 Å². The fourth-order valence-corrected chi connectivity index (χ4v) is 20.6. The standard InChI is InChI=1S/C108H92BN3S2/c1-105(2,3)73-56-72(57-74(60-73)106(4,5)6)71-50-52-89-94(59-71)112(104-85(68-34-18-14-19-35-68)61-75(107(7,8)9)62-86(104)69-36-20-15-21-37-69)96-66-77(111-91-44-26-22-38-79(91)80-39-23-27-45-92(80)111)65-95-103(96)109(89)90-58-70(67-32-16-13-17-33-67)51-53-93(90)110(95)55-54-78-87(81-42-30-48-99-101(81)83-40-24-28-46-97(83)113-99)63-76(108(10,11)12)64-88(78)82-43-31-49-100-102(82)84-41-25-29-47-98(84)114-100/h13-53,56-66H,54-55H2,1-12H3/i13D,16D,17D,32D,33D. The fraction of sp³-hybridized carbons (Fsp3) is 0.167. The third kappa shape index (κ3) is 12.0. The lowest BCUT2D eigenvalue weighted by Gasteiger charge is -2.46. The second kappa shape index (κ2) is 26.9. The van der Waals surface area contributed by atoms with Gasteiger partial charge in [0.2, 0.25) is 0 Å². The van der Waals surface area contributed by atoms with Gasteiger partial charge in [0.15, 0.2) is 0 Å². The Morgan fingerprint density at radius 2 is 0.781 bits per heavy atom. The summed E-state index contributed by atoms with van der Waals surface area (Å²) < 4.78 is 54.5. The van der Waals surface area contributed by atoms with Gasteiger partial charge in [0, 0.05) is 91.5 Å². The molecule has 18 aromatic rings. The summed E-state index contributed by atoms with van der Waals surface area (Å²) in [5, 5.41) is 7.30. The quantitative estimate of drug-likeness (QED) is 0.120. The summed E-state index contributed by atoms with van der Waals surface area (Å²) in [5.41, 5.74) is 28.7. The maximum Gasteiger partial charge on any atom is 0.252 e. The van der Waals surface area contributed by atoms with E-state index in [-0.39, 0.29) is 51.4 Å². The van der Waals surface area contributed by atoms with Crippen LogP contribution in [-0.4, -0.2) is 17.8 Å². The number of hydrogen-bond donors (Lipinski definition) is 0. The molecule has 15 aromatic carbocycles. The molecular weight excluding hydrogens is 1410 g/mol. The molecule has 114 heavy (non-hydrogen) atoms. The lowest BCUT2D eigenvalue weighted by Crippen LogP contribution is -2.62. The third-order valence-electron chi connectivity index (χ3n) is 24.2. The third-order valence-corrected chi connectivity index (χ3v) is 26.5. The highest BCUT2D eigenvalue weighted by molar-refractivity contribution is 7.26. The zero-order valence-corrected chi connectivity index (χ0v) is 68.4. The van der Waals surface area contributed by atoms with Crippen LogP contribution in [0.4, 0.5) is 28.4 Å². The van der Waals surface area contributed by atoms with Gasteiger partial charge in [-0.15, -0.1) is 22.7 Å². The molecule has 554 valence electrons. The van der Waals surface area contributed by atoms with Gasteiger partial charge >= 0.3 is 0 Å². The molecule has 3 aromatic heterocycles. The highest BCUT2D eigenvalue weighted by Gasteiger charge is 2.45. The second-order valence-corrected chi connectivity index (χ2v) is 37.7. The van der Waals surface area contributed by atoms with Gasteiger partial charge in [0.1, 0.15) is 0 Å². The summed E-state index contributed by atoms with van der Waals surface area (Å²) in [6.07, 6.45) is 0.577. The number of anilines is 5. The van der Waals surface area contributed by atoms with Crippen LogP contribution in [0.3, 0.4) is 0 Å². The van der Waals surface area contributed by atoms with E-state index in [9.17, 15) is 5.48 Å². The molecule has 0 spiro atoms. The first-order valence-corrected chi connectivity index (χ1v) is 41.8. The zero-order chi connectivity index (χ0) is 82.2. The lowest BCUT2D eigenvalue weighted by atomic mass is 9.33. The Morgan fingerprint density at radius 3 is 1.32 bits per heavy atom. The van der Waals surface area contributed by atoms with Crippen molar-refractivity contribution in [2.75, 3.05) is 16.3 Å². The molecular formula is C108H92BN3S2. The summed E-state index contributed by atoms with van der Waals surface area (Å²) in [5.74, 6) is 0. The highest BCUT2D eigenvalue weighted by atomic mass is 32.1. The molecule has 5 heterocycles. The largest absolute Gasteiger partial charge is 0.342 e. The van der Waals surface area contributed by atoms with Crippen molar-refractivity contribution in [3.05, 3.63) is 343 Å². The Labute approximate surface area is 686 Å². The monoisotopic (exact) mass is 1510 g/mol. The summed E-state index contributed by atoms with van der Waals surface area (Å²) in [6, 6.07) is 106. The number of benzene rings is 15. The van der Waals surface area contributed by atoms with Crippen LogP contribution < -0.4 is 26.2 Å². The fourth-order valence-electron chi connectivity index (χ4n) is 18.3. The average molecular weight is 1510 g/mol. The first-order valence-electron chi connectivity index (χ1n) is 42.7. The van der Waals surface area contributed by atoms with Crippen LogP contribution in [-0.2, 0) is 28.1 Å². The van der Waals surface area contributed by atoms with Crippen molar-refractivity contribution in [2.45, 2.75) is 111 Å². The Hall–Kier alpha value is -11.8. The molecule has 2 aliphatic rings. The molecule has 0 fully saturated rings. The SMILES string of the molecule is [2H]c1c([2H])c([2H])c(-c2ccc3c(c2)B2c4ccc(-c5cc(C(C)(C)C)cc(C(C)(C)C)c5)cc4N(c4c(-c5ccccc5)cc(C(C)(C)C)cc4-c4ccccc4)c4cc(-n5c6ccccc6c6ccccc65)cc(c42)N3CCc2c(-c3cccc4sc5ccccc5c34)cc(C(C)(C)C)cc2-c2cccc3sc4ccccc4c23)c([2H])c1[2H]. The van der Waals surface area contributed by atoms with Crippen LogP contribution in [0.5, 0.6) is 0 Å². The van der Waals surface area contributed by atoms with Crippen molar-refractivity contribution in [3.63, 3.8) is 0 Å². The molecule has 0 unspecified atom stereocenters. The van der Waals surface area contributed by atoms with Crippen LogP contribution >= 0.6 is 22.7 Å². The molecule has 3 nitrogen and oxygen atoms in total. The van der Waals surface area contributed by atoms with Gasteiger partial charge in [-0.3, -0.25) is 0 Å². The van der Waals surface area contributed by atoms with Crippen LogP contribution in [0.1, 0.15) is 118 Å². The van der Waals surface area contributed by atoms with Gasteiger partial charge in [-0.1, -0.05) is 326 Å². The Morgan fingerprint density at radius 1 is 0.325 bits per heavy atom. The average Bonchev–Trinajstić information content (AvgIpc) is 1.19. The van der Waals surface area contributed by atoms with Crippen LogP contribution in [0.2, 0.25) is 0 Å². The van der Waals surface area contributed by atoms with Crippen LogP contribution in [0.25, 0.3) is 135 Å². The molecule has 20 rings (SSSR count). The molecule has 0 radical (unpaired) electrons. The van der Waals surface area contributed by atoms with Crippen molar-refractivity contribution in [2.24, 2.45) is 0 Å². The van der Waals surface area contributed by atoms with E-state index in [1.54, 1.807) is 0 Å². The molecule has 0 aliphatic carbocycles. The van der Waals surface area contributed by atoms with Gasteiger partial charge in [-0.05, 0) is 201 Å². The number of aromatic nitrogens is 1. The summed E-state index contributed by atoms with van der Waals surface area (Å²) >= 11 is 3.71. The van der Waals surface area contributed by atoms with Crippen molar-refractivity contribution < 1.29 is 6.85 Å². The summed E-state index contributed by atoms with van der Waals surface area (Å²) in [6.45, 7) is 27.9. The van der Waals surface area contributed by atoms with E-state index >= 15 is 0 Å². The van der Waals surface area contributed by atoms with E-state index < -0.39 is 12.8 Å². The predicted molar refractivity (Wildman–Crippen MR) is 497 cm³/mol. The first kappa shape index (κ1) is 65.7. The van der Waals surface area contributed by atoms with Crippen molar-refractivity contribution in [3.8, 4) is 72.4 Å². The van der Waals surface area contributed by atoms with E-state index in [1.807, 2.05) is 28.7 Å². The maximum atomic E-state index is 9.78. The van der Waals surface area contributed by atoms with Gasteiger partial charge in [0.05, 0.1) is 29.3 Å². The minimum atomic E-state index is -0.491. The molecule has 0 saturated carbocycles. The Kier molecular flexibility index (Phi) is 15.5. The second-order valence-electron chi connectivity index (χ2n) is 35.5. The van der Waals surface area contributed by atoms with Gasteiger partial charge in [-0.2, -0.15) is 0 Å². The van der Waals surface area contributed by atoms with E-state index in [2.05, 4.69) is 377 Å². The molecule has 0 saturated heterocycles. The number of thiophene rings is 2. The topological polar surface area (TPSA) is 11.4 Å². The number of nitrogens with zero attached hydrogens (tertiary/aromatic N) is 3. The van der Waals surface area contributed by atoms with E-state index in [0.717, 1.165) is 106 Å². The lowest BCUT2D eigenvalue weighted by molar-refractivity contribution is 0.569. The maximum absolute atomic E-state index is 9.78. The highest BCUT2D eigenvalue weighted by Crippen LogP contribution is 2.54. The molecule has 0 amide bonds. The molecule has 0 bridgehead atoms. The van der Waals surface area contributed by atoms with E-state index in [0.29, 0.717) is 18.5 Å². The molecule has 0 N–H and O–H groups in total. The van der Waals surface area contributed by atoms with Crippen LogP contribution in [0, 0.1) is 0 Å². The minimum absolute atomic E-state index is 0.164. The predicted octanol–water partition coefficient (Wildman–Crippen LogP) is 28.7. The smallest absolute Gasteiger partial charge is 0.252 e.